The predicted molar refractivity (Wildman–Crippen MR) is 57.4 cm³/mol. The lowest BCUT2D eigenvalue weighted by Gasteiger charge is -2.19. The van der Waals surface area contributed by atoms with Crippen molar-refractivity contribution in [2.45, 2.75) is 32.2 Å². The summed E-state index contributed by atoms with van der Waals surface area (Å²) in [5.41, 5.74) is 6.78. The zero-order valence-electron chi connectivity index (χ0n) is 8.41. The maximum Gasteiger partial charge on any atom is 0.130 e. The molecule has 0 saturated heterocycles. The van der Waals surface area contributed by atoms with Gasteiger partial charge in [-0.15, -0.1) is 0 Å². The average Bonchev–Trinajstić information content (AvgIpc) is 2.75. The standard InChI is InChI=1S/C10H16ClN3/c1-7-6-13-14(10(7)11)9-4-2-3-8(9)5-12/h6,8-9H,2-5,12H2,1H3. The fraction of sp³-hybridized carbons (Fsp3) is 0.700. The Hall–Kier alpha value is -0.540. The highest BCUT2D eigenvalue weighted by molar-refractivity contribution is 6.30. The number of hydrogen-bond acceptors (Lipinski definition) is 2. The van der Waals surface area contributed by atoms with E-state index in [1.807, 2.05) is 17.8 Å². The number of aromatic nitrogens is 2. The second-order valence-corrected chi connectivity index (χ2v) is 4.42. The van der Waals surface area contributed by atoms with E-state index in [-0.39, 0.29) is 0 Å². The van der Waals surface area contributed by atoms with E-state index in [2.05, 4.69) is 5.10 Å². The van der Waals surface area contributed by atoms with Crippen LogP contribution >= 0.6 is 11.6 Å². The number of rotatable bonds is 2. The van der Waals surface area contributed by atoms with Crippen LogP contribution in [0.4, 0.5) is 0 Å². The molecule has 1 fully saturated rings. The van der Waals surface area contributed by atoms with Crippen molar-refractivity contribution >= 4 is 11.6 Å². The largest absolute Gasteiger partial charge is 0.330 e. The molecule has 1 saturated carbocycles. The van der Waals surface area contributed by atoms with Gasteiger partial charge in [0.1, 0.15) is 5.15 Å². The molecule has 2 N–H and O–H groups in total. The average molecular weight is 214 g/mol. The Morgan fingerprint density at radius 3 is 3.00 bits per heavy atom. The molecule has 0 aliphatic heterocycles. The smallest absolute Gasteiger partial charge is 0.130 e. The van der Waals surface area contributed by atoms with Crippen LogP contribution in [0.15, 0.2) is 6.20 Å². The molecular weight excluding hydrogens is 198 g/mol. The van der Waals surface area contributed by atoms with Crippen LogP contribution in [0.3, 0.4) is 0 Å². The van der Waals surface area contributed by atoms with E-state index >= 15 is 0 Å². The summed E-state index contributed by atoms with van der Waals surface area (Å²) in [4.78, 5) is 0. The van der Waals surface area contributed by atoms with Crippen molar-refractivity contribution in [1.82, 2.24) is 9.78 Å². The lowest BCUT2D eigenvalue weighted by molar-refractivity contribution is 0.358. The Kier molecular flexibility index (Phi) is 2.79. The van der Waals surface area contributed by atoms with Crippen LogP contribution in [0, 0.1) is 12.8 Å². The van der Waals surface area contributed by atoms with E-state index in [9.17, 15) is 0 Å². The summed E-state index contributed by atoms with van der Waals surface area (Å²) < 4.78 is 1.95. The van der Waals surface area contributed by atoms with E-state index in [1.165, 1.54) is 12.8 Å². The van der Waals surface area contributed by atoms with Gasteiger partial charge in [0.05, 0.1) is 12.2 Å². The SMILES string of the molecule is Cc1cnn(C2CCCC2CN)c1Cl. The summed E-state index contributed by atoms with van der Waals surface area (Å²) >= 11 is 6.17. The van der Waals surface area contributed by atoms with Gasteiger partial charge in [0.25, 0.3) is 0 Å². The van der Waals surface area contributed by atoms with E-state index in [0.717, 1.165) is 23.7 Å². The van der Waals surface area contributed by atoms with Crippen molar-refractivity contribution in [2.24, 2.45) is 11.7 Å². The molecule has 2 rings (SSSR count). The topological polar surface area (TPSA) is 43.8 Å². The first-order chi connectivity index (χ1) is 6.74. The minimum atomic E-state index is 0.418. The van der Waals surface area contributed by atoms with Crippen LogP contribution in [-0.2, 0) is 0 Å². The van der Waals surface area contributed by atoms with E-state index < -0.39 is 0 Å². The van der Waals surface area contributed by atoms with E-state index in [1.54, 1.807) is 0 Å². The van der Waals surface area contributed by atoms with Gasteiger partial charge in [-0.05, 0) is 32.2 Å². The number of nitrogens with two attached hydrogens (primary N) is 1. The zero-order chi connectivity index (χ0) is 10.1. The molecule has 78 valence electrons. The van der Waals surface area contributed by atoms with Crippen molar-refractivity contribution in [2.75, 3.05) is 6.54 Å². The van der Waals surface area contributed by atoms with Gasteiger partial charge in [-0.25, -0.2) is 0 Å². The van der Waals surface area contributed by atoms with Crippen molar-refractivity contribution in [3.8, 4) is 0 Å². The Bertz CT molecular complexity index is 321. The van der Waals surface area contributed by atoms with Crippen LogP contribution in [0.5, 0.6) is 0 Å². The van der Waals surface area contributed by atoms with Gasteiger partial charge >= 0.3 is 0 Å². The van der Waals surface area contributed by atoms with Crippen LogP contribution in [0.25, 0.3) is 0 Å². The lowest BCUT2D eigenvalue weighted by atomic mass is 10.0. The van der Waals surface area contributed by atoms with Gasteiger partial charge in [0, 0.05) is 5.56 Å². The van der Waals surface area contributed by atoms with E-state index in [4.69, 9.17) is 17.3 Å². The Morgan fingerprint density at radius 2 is 2.43 bits per heavy atom. The molecule has 1 aromatic heterocycles. The minimum absolute atomic E-state index is 0.418. The monoisotopic (exact) mass is 213 g/mol. The number of hydrogen-bond donors (Lipinski definition) is 1. The highest BCUT2D eigenvalue weighted by Gasteiger charge is 2.29. The molecule has 1 aliphatic carbocycles. The van der Waals surface area contributed by atoms with Crippen molar-refractivity contribution in [3.05, 3.63) is 16.9 Å². The zero-order valence-corrected chi connectivity index (χ0v) is 9.17. The molecular formula is C10H16ClN3. The fourth-order valence-electron chi connectivity index (χ4n) is 2.28. The molecule has 1 aliphatic rings. The van der Waals surface area contributed by atoms with Gasteiger partial charge in [-0.1, -0.05) is 18.0 Å². The van der Waals surface area contributed by atoms with Crippen molar-refractivity contribution in [3.63, 3.8) is 0 Å². The van der Waals surface area contributed by atoms with Gasteiger partial charge < -0.3 is 5.73 Å². The van der Waals surface area contributed by atoms with Crippen LogP contribution < -0.4 is 5.73 Å². The Balaban J connectivity index is 2.26. The molecule has 0 spiro atoms. The number of halogens is 1. The fourth-order valence-corrected chi connectivity index (χ4v) is 2.50. The summed E-state index contributed by atoms with van der Waals surface area (Å²) in [5.74, 6) is 0.548. The third-order valence-electron chi connectivity index (χ3n) is 3.14. The molecule has 0 bridgehead atoms. The maximum absolute atomic E-state index is 6.17. The van der Waals surface area contributed by atoms with Crippen LogP contribution in [-0.4, -0.2) is 16.3 Å². The normalized spacial score (nSPS) is 27.1. The quantitative estimate of drug-likeness (QED) is 0.818. The first kappa shape index (κ1) is 9.99. The summed E-state index contributed by atoms with van der Waals surface area (Å²) in [6.07, 6.45) is 5.43. The Morgan fingerprint density at radius 1 is 1.64 bits per heavy atom. The van der Waals surface area contributed by atoms with Gasteiger partial charge in [-0.3, -0.25) is 4.68 Å². The molecule has 0 aromatic carbocycles. The van der Waals surface area contributed by atoms with Crippen molar-refractivity contribution in [1.29, 1.82) is 0 Å². The molecule has 1 heterocycles. The highest BCUT2D eigenvalue weighted by Crippen LogP contribution is 2.36. The molecule has 1 aromatic rings. The third-order valence-corrected chi connectivity index (χ3v) is 3.61. The summed E-state index contributed by atoms with van der Waals surface area (Å²) in [6.45, 7) is 2.72. The van der Waals surface area contributed by atoms with Crippen molar-refractivity contribution < 1.29 is 0 Å². The second kappa shape index (κ2) is 3.91. The number of nitrogens with zero attached hydrogens (tertiary/aromatic N) is 2. The van der Waals surface area contributed by atoms with Crippen LogP contribution in [0.1, 0.15) is 30.9 Å². The van der Waals surface area contributed by atoms with Gasteiger partial charge in [-0.2, -0.15) is 5.10 Å². The molecule has 14 heavy (non-hydrogen) atoms. The minimum Gasteiger partial charge on any atom is -0.330 e. The second-order valence-electron chi connectivity index (χ2n) is 4.06. The maximum atomic E-state index is 6.17. The molecule has 4 heteroatoms. The predicted octanol–water partition coefficient (Wildman–Crippen LogP) is 2.14. The highest BCUT2D eigenvalue weighted by atomic mass is 35.5. The Labute approximate surface area is 89.2 Å². The molecule has 0 radical (unpaired) electrons. The molecule has 3 nitrogen and oxygen atoms in total. The van der Waals surface area contributed by atoms with E-state index in [0.29, 0.717) is 12.0 Å². The van der Waals surface area contributed by atoms with Crippen LogP contribution in [0.2, 0.25) is 5.15 Å². The summed E-state index contributed by atoms with van der Waals surface area (Å²) in [5, 5.41) is 5.10. The molecule has 2 unspecified atom stereocenters. The molecule has 0 amide bonds. The molecule has 2 atom stereocenters. The first-order valence-electron chi connectivity index (χ1n) is 5.13. The van der Waals surface area contributed by atoms with Gasteiger partial charge in [0.2, 0.25) is 0 Å². The van der Waals surface area contributed by atoms with Gasteiger partial charge in [0.15, 0.2) is 0 Å². The summed E-state index contributed by atoms with van der Waals surface area (Å²) in [7, 11) is 0. The lowest BCUT2D eigenvalue weighted by Crippen LogP contribution is -2.22. The first-order valence-corrected chi connectivity index (χ1v) is 5.51. The third kappa shape index (κ3) is 1.55. The number of aryl methyl sites for hydroxylation is 1. The summed E-state index contributed by atoms with van der Waals surface area (Å²) in [6, 6.07) is 0.418.